The first kappa shape index (κ1) is 18.0. The second-order valence-electron chi connectivity index (χ2n) is 10.7. The molecule has 4 nitrogen and oxygen atoms in total. The summed E-state index contributed by atoms with van der Waals surface area (Å²) < 4.78 is 5.13. The molecule has 0 unspecified atom stereocenters. The number of fused-ring (bicyclic) bond motifs is 5. The lowest BCUT2D eigenvalue weighted by Gasteiger charge is -2.61. The highest BCUT2D eigenvalue weighted by atomic mass is 16.6. The fourth-order valence-corrected chi connectivity index (χ4v) is 8.48. The van der Waals surface area contributed by atoms with Gasteiger partial charge in [-0.15, -0.1) is 0 Å². The Morgan fingerprint density at radius 3 is 2.44 bits per heavy atom. The number of rotatable bonds is 1. The topological polar surface area (TPSA) is 66.8 Å². The van der Waals surface area contributed by atoms with Gasteiger partial charge in [-0.25, -0.2) is 4.79 Å². The molecule has 150 valence electrons. The van der Waals surface area contributed by atoms with Crippen LogP contribution in [0.2, 0.25) is 0 Å². The lowest BCUT2D eigenvalue weighted by Crippen LogP contribution is -2.54. The van der Waals surface area contributed by atoms with Crippen LogP contribution in [-0.2, 0) is 9.53 Å². The van der Waals surface area contributed by atoms with E-state index in [-0.39, 0.29) is 17.3 Å². The maximum atomic E-state index is 11.7. The van der Waals surface area contributed by atoms with Crippen molar-refractivity contribution >= 4 is 5.97 Å². The molecule has 5 aliphatic rings. The zero-order valence-electron chi connectivity index (χ0n) is 16.7. The fourth-order valence-electron chi connectivity index (χ4n) is 8.48. The van der Waals surface area contributed by atoms with Crippen LogP contribution in [0, 0.1) is 40.4 Å². The summed E-state index contributed by atoms with van der Waals surface area (Å²) in [4.78, 5) is 11.7. The Morgan fingerprint density at radius 2 is 1.70 bits per heavy atom. The largest absolute Gasteiger partial charge is 0.502 e. The van der Waals surface area contributed by atoms with Gasteiger partial charge in [0, 0.05) is 5.57 Å². The summed E-state index contributed by atoms with van der Waals surface area (Å²) in [5, 5.41) is 20.4. The highest BCUT2D eigenvalue weighted by Gasteiger charge is 2.61. The lowest BCUT2D eigenvalue weighted by molar-refractivity contribution is -0.138. The molecule has 27 heavy (non-hydrogen) atoms. The second-order valence-corrected chi connectivity index (χ2v) is 10.7. The molecule has 0 spiro atoms. The van der Waals surface area contributed by atoms with Crippen molar-refractivity contribution < 1.29 is 19.7 Å². The van der Waals surface area contributed by atoms with Gasteiger partial charge in [-0.3, -0.25) is 0 Å². The number of carbonyl (C=O) groups is 1. The summed E-state index contributed by atoms with van der Waals surface area (Å²) in [6.07, 6.45) is 10.4. The van der Waals surface area contributed by atoms with E-state index in [1.165, 1.54) is 38.5 Å². The molecule has 2 N–H and O–H groups in total. The summed E-state index contributed by atoms with van der Waals surface area (Å²) in [6.45, 7) is 5.24. The van der Waals surface area contributed by atoms with Crippen LogP contribution in [0.1, 0.15) is 71.6 Å². The molecule has 0 saturated heterocycles. The van der Waals surface area contributed by atoms with E-state index in [0.717, 1.165) is 36.7 Å². The minimum atomic E-state index is -0.528. The zero-order chi connectivity index (χ0) is 19.0. The Morgan fingerprint density at radius 1 is 0.963 bits per heavy atom. The van der Waals surface area contributed by atoms with Gasteiger partial charge in [0.1, 0.15) is 6.61 Å². The van der Waals surface area contributed by atoms with Crippen molar-refractivity contribution in [3.63, 3.8) is 0 Å². The van der Waals surface area contributed by atoms with Crippen LogP contribution in [-0.4, -0.2) is 28.9 Å². The molecule has 0 aromatic heterocycles. The molecule has 0 aromatic carbocycles. The van der Waals surface area contributed by atoms with Gasteiger partial charge >= 0.3 is 5.97 Å². The third-order valence-electron chi connectivity index (χ3n) is 9.91. The van der Waals surface area contributed by atoms with Gasteiger partial charge in [0.2, 0.25) is 5.76 Å². The van der Waals surface area contributed by atoms with Crippen molar-refractivity contribution in [3.8, 4) is 0 Å². The van der Waals surface area contributed by atoms with E-state index in [4.69, 9.17) is 4.74 Å². The molecule has 0 amide bonds. The monoisotopic (exact) mass is 374 g/mol. The summed E-state index contributed by atoms with van der Waals surface area (Å²) in [5.41, 5.74) is 1.47. The minimum absolute atomic E-state index is 0.0841. The molecule has 4 saturated carbocycles. The number of ether oxygens (including phenoxy) is 1. The first-order valence-corrected chi connectivity index (χ1v) is 11.1. The molecule has 1 aliphatic heterocycles. The predicted octanol–water partition coefficient (Wildman–Crippen LogP) is 4.38. The van der Waals surface area contributed by atoms with Gasteiger partial charge in [-0.1, -0.05) is 13.8 Å². The van der Waals surface area contributed by atoms with E-state index in [9.17, 15) is 15.0 Å². The van der Waals surface area contributed by atoms with Gasteiger partial charge < -0.3 is 14.9 Å². The number of hydrogen-bond donors (Lipinski definition) is 2. The molecular weight excluding hydrogens is 340 g/mol. The average Bonchev–Trinajstić information content (AvgIpc) is 3.15. The van der Waals surface area contributed by atoms with E-state index in [1.807, 2.05) is 0 Å². The van der Waals surface area contributed by atoms with Crippen molar-refractivity contribution in [2.75, 3.05) is 6.61 Å². The number of hydrogen-bond acceptors (Lipinski definition) is 4. The molecule has 8 atom stereocenters. The highest BCUT2D eigenvalue weighted by molar-refractivity contribution is 5.89. The SMILES string of the molecule is C[C@]12CC[C@H](O)C[C@H]1CC[C@@H]1[C@@H]2CC[C@]2(C)[C@@H](C3=C(O)C(=O)OC3)CC[C@@H]12. The van der Waals surface area contributed by atoms with Gasteiger partial charge in [-0.05, 0) is 98.2 Å². The van der Waals surface area contributed by atoms with Crippen molar-refractivity contribution in [1.29, 1.82) is 0 Å². The van der Waals surface area contributed by atoms with Crippen molar-refractivity contribution in [2.24, 2.45) is 40.4 Å². The maximum Gasteiger partial charge on any atom is 0.373 e. The standard InChI is InChI=1S/C23H34O4/c1-22-9-7-14(24)11-13(22)3-4-15-17-5-6-18(16-12-27-21(26)20(16)25)23(17,2)10-8-19(15)22/h13-15,17-19,24-25H,3-12H2,1-2H3/t13-,14+,15+,17+,18-,19+,22+,23+/m1/s1. The Balaban J connectivity index is 1.43. The van der Waals surface area contributed by atoms with E-state index in [1.54, 1.807) is 0 Å². The van der Waals surface area contributed by atoms with E-state index in [0.29, 0.717) is 29.8 Å². The number of carbonyl (C=O) groups excluding carboxylic acids is 1. The molecule has 4 fully saturated rings. The average molecular weight is 375 g/mol. The first-order chi connectivity index (χ1) is 12.8. The normalized spacial score (nSPS) is 52.2. The van der Waals surface area contributed by atoms with Crippen molar-refractivity contribution in [1.82, 2.24) is 0 Å². The van der Waals surface area contributed by atoms with E-state index in [2.05, 4.69) is 13.8 Å². The lowest BCUT2D eigenvalue weighted by atomic mass is 9.44. The van der Waals surface area contributed by atoms with Crippen LogP contribution < -0.4 is 0 Å². The van der Waals surface area contributed by atoms with Crippen LogP contribution in [0.15, 0.2) is 11.3 Å². The third-order valence-corrected chi connectivity index (χ3v) is 9.91. The van der Waals surface area contributed by atoms with Crippen LogP contribution in [0.5, 0.6) is 0 Å². The molecule has 4 aliphatic carbocycles. The highest BCUT2D eigenvalue weighted by Crippen LogP contribution is 2.68. The van der Waals surface area contributed by atoms with Crippen LogP contribution in [0.25, 0.3) is 0 Å². The van der Waals surface area contributed by atoms with Crippen molar-refractivity contribution in [3.05, 3.63) is 11.3 Å². The fraction of sp³-hybridized carbons (Fsp3) is 0.870. The summed E-state index contributed by atoms with van der Waals surface area (Å²) in [6, 6.07) is 0. The number of esters is 1. The first-order valence-electron chi connectivity index (χ1n) is 11.1. The molecule has 1 heterocycles. The second kappa shape index (κ2) is 5.98. The Hall–Kier alpha value is -1.03. The maximum absolute atomic E-state index is 11.7. The molecule has 0 bridgehead atoms. The minimum Gasteiger partial charge on any atom is -0.502 e. The van der Waals surface area contributed by atoms with Crippen molar-refractivity contribution in [2.45, 2.75) is 77.7 Å². The van der Waals surface area contributed by atoms with Crippen LogP contribution >= 0.6 is 0 Å². The van der Waals surface area contributed by atoms with E-state index >= 15 is 0 Å². The third kappa shape index (κ3) is 2.41. The molecule has 5 rings (SSSR count). The summed E-state index contributed by atoms with van der Waals surface area (Å²) in [5.74, 6) is 2.61. The quantitative estimate of drug-likeness (QED) is 0.669. The molecular formula is C23H34O4. The smallest absolute Gasteiger partial charge is 0.373 e. The Labute approximate surface area is 162 Å². The number of aliphatic hydroxyl groups is 2. The van der Waals surface area contributed by atoms with Gasteiger partial charge in [0.25, 0.3) is 0 Å². The van der Waals surface area contributed by atoms with Crippen LogP contribution in [0.3, 0.4) is 0 Å². The number of aliphatic hydroxyl groups excluding tert-OH is 2. The van der Waals surface area contributed by atoms with Gasteiger partial charge in [0.05, 0.1) is 6.10 Å². The molecule has 4 heteroatoms. The van der Waals surface area contributed by atoms with E-state index < -0.39 is 5.97 Å². The van der Waals surface area contributed by atoms with Gasteiger partial charge in [-0.2, -0.15) is 0 Å². The Kier molecular flexibility index (Phi) is 3.99. The van der Waals surface area contributed by atoms with Gasteiger partial charge in [0.15, 0.2) is 0 Å². The number of cyclic esters (lactones) is 1. The predicted molar refractivity (Wildman–Crippen MR) is 102 cm³/mol. The molecule has 0 aromatic rings. The Bertz CT molecular complexity index is 684. The molecule has 0 radical (unpaired) electrons. The summed E-state index contributed by atoms with van der Waals surface area (Å²) >= 11 is 0. The zero-order valence-corrected chi connectivity index (χ0v) is 16.7. The van der Waals surface area contributed by atoms with Crippen LogP contribution in [0.4, 0.5) is 0 Å². The summed E-state index contributed by atoms with van der Waals surface area (Å²) in [7, 11) is 0.